The molecular weight excluding hydrogens is 208 g/mol. The lowest BCUT2D eigenvalue weighted by Gasteiger charge is -2.40. The zero-order chi connectivity index (χ0) is 11.8. The molecule has 0 unspecified atom stereocenters. The first-order chi connectivity index (χ1) is 7.55. The average Bonchev–Trinajstić information content (AvgIpc) is 2.88. The van der Waals surface area contributed by atoms with Crippen LogP contribution < -0.4 is 0 Å². The molecular formula is C12H18O4. The molecule has 0 spiro atoms. The van der Waals surface area contributed by atoms with Gasteiger partial charge in [0.1, 0.15) is 0 Å². The molecule has 0 amide bonds. The van der Waals surface area contributed by atoms with E-state index in [9.17, 15) is 19.8 Å². The Morgan fingerprint density at radius 1 is 0.688 bits per heavy atom. The molecule has 0 atom stereocenters. The van der Waals surface area contributed by atoms with Gasteiger partial charge in [-0.15, -0.1) is 0 Å². The van der Waals surface area contributed by atoms with Gasteiger partial charge in [-0.05, 0) is 25.7 Å². The van der Waals surface area contributed by atoms with Crippen molar-refractivity contribution >= 4 is 11.9 Å². The highest BCUT2D eigenvalue weighted by molar-refractivity contribution is 5.87. The van der Waals surface area contributed by atoms with Crippen LogP contribution in [0.2, 0.25) is 0 Å². The fraction of sp³-hybridized carbons (Fsp3) is 0.833. The summed E-state index contributed by atoms with van der Waals surface area (Å²) in [5.74, 6) is -1.79. The van der Waals surface area contributed by atoms with Crippen LogP contribution in [-0.2, 0) is 9.59 Å². The monoisotopic (exact) mass is 226 g/mol. The molecule has 2 aliphatic carbocycles. The number of carboxylic acid groups (broad SMARTS) is 2. The van der Waals surface area contributed by atoms with E-state index in [0.29, 0.717) is 25.7 Å². The van der Waals surface area contributed by atoms with Gasteiger partial charge in [-0.1, -0.05) is 25.7 Å². The second kappa shape index (κ2) is 3.75. The topological polar surface area (TPSA) is 74.6 Å². The number of carboxylic acids is 2. The predicted octanol–water partition coefficient (Wildman–Crippen LogP) is 2.28. The minimum atomic E-state index is -0.991. The van der Waals surface area contributed by atoms with Crippen LogP contribution in [0.3, 0.4) is 0 Å². The summed E-state index contributed by atoms with van der Waals surface area (Å²) in [6.07, 6.45) is 5.54. The molecule has 0 saturated heterocycles. The van der Waals surface area contributed by atoms with Gasteiger partial charge in [-0.25, -0.2) is 0 Å². The van der Waals surface area contributed by atoms with Crippen LogP contribution in [0.4, 0.5) is 0 Å². The Hall–Kier alpha value is -1.06. The molecule has 0 aromatic heterocycles. The molecule has 2 saturated carbocycles. The van der Waals surface area contributed by atoms with Gasteiger partial charge in [0.2, 0.25) is 0 Å². The van der Waals surface area contributed by atoms with Crippen molar-refractivity contribution in [3.05, 3.63) is 0 Å². The van der Waals surface area contributed by atoms with Crippen molar-refractivity contribution in [2.75, 3.05) is 0 Å². The second-order valence-electron chi connectivity index (χ2n) is 5.19. The summed E-state index contributed by atoms with van der Waals surface area (Å²) in [6.45, 7) is 0. The molecule has 2 fully saturated rings. The van der Waals surface area contributed by atoms with Gasteiger partial charge in [0.05, 0.1) is 10.8 Å². The Kier molecular flexibility index (Phi) is 2.68. The Balaban J connectivity index is 2.44. The van der Waals surface area contributed by atoms with Crippen molar-refractivity contribution in [3.63, 3.8) is 0 Å². The van der Waals surface area contributed by atoms with Gasteiger partial charge >= 0.3 is 11.9 Å². The number of aliphatic carboxylic acids is 2. The van der Waals surface area contributed by atoms with Crippen LogP contribution in [0.25, 0.3) is 0 Å². The summed E-state index contributed by atoms with van der Waals surface area (Å²) in [7, 11) is 0. The molecule has 0 bridgehead atoms. The van der Waals surface area contributed by atoms with Crippen LogP contribution in [0, 0.1) is 10.8 Å². The Labute approximate surface area is 94.7 Å². The molecule has 2 rings (SSSR count). The molecule has 0 radical (unpaired) electrons. The third-order valence-corrected chi connectivity index (χ3v) is 4.65. The Morgan fingerprint density at radius 3 is 1.12 bits per heavy atom. The highest BCUT2D eigenvalue weighted by Gasteiger charge is 2.62. The molecule has 16 heavy (non-hydrogen) atoms. The minimum absolute atomic E-state index is 0.536. The molecule has 0 aromatic carbocycles. The van der Waals surface area contributed by atoms with Crippen molar-refractivity contribution < 1.29 is 19.8 Å². The van der Waals surface area contributed by atoms with Gasteiger partial charge in [0, 0.05) is 0 Å². The van der Waals surface area contributed by atoms with Gasteiger partial charge in [0.25, 0.3) is 0 Å². The quantitative estimate of drug-likeness (QED) is 0.774. The zero-order valence-corrected chi connectivity index (χ0v) is 9.37. The van der Waals surface area contributed by atoms with Crippen LogP contribution in [0.15, 0.2) is 0 Å². The molecule has 4 heteroatoms. The largest absolute Gasteiger partial charge is 0.481 e. The summed E-state index contributed by atoms with van der Waals surface area (Å²) in [5.41, 5.74) is -1.98. The van der Waals surface area contributed by atoms with Gasteiger partial charge in [-0.3, -0.25) is 9.59 Å². The lowest BCUT2D eigenvalue weighted by Crippen LogP contribution is -2.49. The van der Waals surface area contributed by atoms with Gasteiger partial charge in [-0.2, -0.15) is 0 Å². The lowest BCUT2D eigenvalue weighted by atomic mass is 9.61. The molecule has 0 aliphatic heterocycles. The number of hydrogen-bond donors (Lipinski definition) is 2. The first kappa shape index (κ1) is 11.4. The fourth-order valence-corrected chi connectivity index (χ4v) is 3.75. The Bertz CT molecular complexity index is 277. The second-order valence-corrected chi connectivity index (χ2v) is 5.19. The summed E-state index contributed by atoms with van der Waals surface area (Å²) in [6, 6.07) is 0. The van der Waals surface area contributed by atoms with Crippen LogP contribution >= 0.6 is 0 Å². The normalized spacial score (nSPS) is 26.8. The summed E-state index contributed by atoms with van der Waals surface area (Å²) < 4.78 is 0. The van der Waals surface area contributed by atoms with Crippen molar-refractivity contribution in [1.82, 2.24) is 0 Å². The molecule has 0 heterocycles. The van der Waals surface area contributed by atoms with Crippen LogP contribution in [-0.4, -0.2) is 22.2 Å². The van der Waals surface area contributed by atoms with E-state index in [1.54, 1.807) is 0 Å². The first-order valence-corrected chi connectivity index (χ1v) is 6.02. The Morgan fingerprint density at radius 2 is 0.938 bits per heavy atom. The number of rotatable bonds is 3. The van der Waals surface area contributed by atoms with Crippen LogP contribution in [0.1, 0.15) is 51.4 Å². The van der Waals surface area contributed by atoms with Crippen molar-refractivity contribution in [3.8, 4) is 0 Å². The van der Waals surface area contributed by atoms with Crippen molar-refractivity contribution in [2.45, 2.75) is 51.4 Å². The predicted molar refractivity (Wildman–Crippen MR) is 57.1 cm³/mol. The summed E-state index contributed by atoms with van der Waals surface area (Å²) >= 11 is 0. The maximum atomic E-state index is 11.6. The maximum absolute atomic E-state index is 11.6. The fourth-order valence-electron chi connectivity index (χ4n) is 3.75. The standard InChI is InChI=1S/C12H18O4/c13-9(14)11(5-1-2-6-11)12(10(15)16)7-3-4-8-12/h1-8H2,(H,13,14)(H,15,16). The van der Waals surface area contributed by atoms with Crippen molar-refractivity contribution in [2.24, 2.45) is 10.8 Å². The lowest BCUT2D eigenvalue weighted by molar-refractivity contribution is -0.173. The third kappa shape index (κ3) is 1.28. The van der Waals surface area contributed by atoms with Gasteiger partial charge < -0.3 is 10.2 Å². The molecule has 90 valence electrons. The SMILES string of the molecule is O=C(O)C1(C2(C(=O)O)CCCC2)CCCC1. The molecule has 2 aliphatic rings. The molecule has 2 N–H and O–H groups in total. The summed E-state index contributed by atoms with van der Waals surface area (Å²) in [4.78, 5) is 23.1. The minimum Gasteiger partial charge on any atom is -0.481 e. The van der Waals surface area contributed by atoms with E-state index < -0.39 is 22.8 Å². The number of hydrogen-bond acceptors (Lipinski definition) is 2. The average molecular weight is 226 g/mol. The van der Waals surface area contributed by atoms with E-state index in [4.69, 9.17) is 0 Å². The van der Waals surface area contributed by atoms with Crippen molar-refractivity contribution in [1.29, 1.82) is 0 Å². The smallest absolute Gasteiger partial charge is 0.310 e. The van der Waals surface area contributed by atoms with E-state index >= 15 is 0 Å². The van der Waals surface area contributed by atoms with E-state index in [1.165, 1.54) is 0 Å². The zero-order valence-electron chi connectivity index (χ0n) is 9.37. The maximum Gasteiger partial charge on any atom is 0.310 e. The number of carbonyl (C=O) groups is 2. The molecule has 4 nitrogen and oxygen atoms in total. The third-order valence-electron chi connectivity index (χ3n) is 4.65. The highest BCUT2D eigenvalue weighted by atomic mass is 16.4. The van der Waals surface area contributed by atoms with E-state index in [-0.39, 0.29) is 0 Å². The highest BCUT2D eigenvalue weighted by Crippen LogP contribution is 2.59. The van der Waals surface area contributed by atoms with Crippen LogP contribution in [0.5, 0.6) is 0 Å². The van der Waals surface area contributed by atoms with E-state index in [1.807, 2.05) is 0 Å². The molecule has 0 aromatic rings. The van der Waals surface area contributed by atoms with Gasteiger partial charge in [0.15, 0.2) is 0 Å². The summed E-state index contributed by atoms with van der Waals surface area (Å²) in [5, 5.41) is 18.9. The van der Waals surface area contributed by atoms with E-state index in [2.05, 4.69) is 0 Å². The first-order valence-electron chi connectivity index (χ1n) is 6.02. The van der Waals surface area contributed by atoms with E-state index in [0.717, 1.165) is 25.7 Å².